The van der Waals surface area contributed by atoms with Gasteiger partial charge in [-0.2, -0.15) is 0 Å². The van der Waals surface area contributed by atoms with Crippen LogP contribution in [0.25, 0.3) is 0 Å². The molecule has 0 bridgehead atoms. The van der Waals surface area contributed by atoms with Gasteiger partial charge < -0.3 is 0 Å². The fourth-order valence-corrected chi connectivity index (χ4v) is 8.95. The lowest BCUT2D eigenvalue weighted by molar-refractivity contribution is 0.425. The third kappa shape index (κ3) is 48.1. The van der Waals surface area contributed by atoms with Crippen LogP contribution in [0, 0.1) is 11.8 Å². The monoisotopic (exact) mass is 745 g/mol. The minimum absolute atomic E-state index is 0.960. The molecule has 2 atom stereocenters. The molecule has 0 heteroatoms. The van der Waals surface area contributed by atoms with Crippen LogP contribution >= 0.6 is 0 Å². The van der Waals surface area contributed by atoms with E-state index in [1.165, 1.54) is 302 Å². The Balaban J connectivity index is 3.20. The predicted molar refractivity (Wildman–Crippen MR) is 247 cm³/mol. The Morgan fingerprint density at radius 2 is 0.283 bits per heavy atom. The fourth-order valence-electron chi connectivity index (χ4n) is 8.95. The summed E-state index contributed by atoms with van der Waals surface area (Å²) in [5, 5.41) is 0. The first-order valence-electron chi connectivity index (χ1n) is 26.2. The van der Waals surface area contributed by atoms with E-state index in [0.717, 1.165) is 11.8 Å². The number of unbranched alkanes of at least 4 members (excludes halogenated alkanes) is 40. The molecule has 0 amide bonds. The summed E-state index contributed by atoms with van der Waals surface area (Å²) in [6, 6.07) is 0. The summed E-state index contributed by atoms with van der Waals surface area (Å²) < 4.78 is 0. The maximum atomic E-state index is 2.52. The third-order valence-corrected chi connectivity index (χ3v) is 13.0. The lowest BCUT2D eigenvalue weighted by atomic mass is 9.95. The van der Waals surface area contributed by atoms with Crippen LogP contribution in [0.2, 0.25) is 0 Å². The van der Waals surface area contributed by atoms with Crippen LogP contribution in [0.1, 0.15) is 329 Å². The predicted octanol–water partition coefficient (Wildman–Crippen LogP) is 20.6. The second-order valence-electron chi connectivity index (χ2n) is 18.9. The molecule has 0 rings (SSSR count). The van der Waals surface area contributed by atoms with E-state index in [1.54, 1.807) is 0 Å². The highest BCUT2D eigenvalue weighted by molar-refractivity contribution is 4.59. The second-order valence-corrected chi connectivity index (χ2v) is 18.9. The third-order valence-electron chi connectivity index (χ3n) is 13.0. The summed E-state index contributed by atoms with van der Waals surface area (Å²) in [6.07, 6.45) is 69.6. The van der Waals surface area contributed by atoms with Gasteiger partial charge >= 0.3 is 0 Å². The van der Waals surface area contributed by atoms with Gasteiger partial charge in [0.1, 0.15) is 0 Å². The van der Waals surface area contributed by atoms with Crippen molar-refractivity contribution in [2.45, 2.75) is 329 Å². The standard InChI is InChI=1S/C53H108/c1-5-7-9-11-13-15-17-18-19-20-21-22-23-24-25-26-27-28-29-30-33-37-41-45-49-53(4)51-47-43-39-35-31-34-38-42-46-50-52(3)48-44-40-36-32-16-14-12-10-8-6-2/h52-53H,5-51H2,1-4H3. The zero-order chi connectivity index (χ0) is 38.4. The molecular formula is C53H108. The first-order valence-corrected chi connectivity index (χ1v) is 26.2. The van der Waals surface area contributed by atoms with E-state index in [9.17, 15) is 0 Å². The molecule has 0 N–H and O–H groups in total. The minimum atomic E-state index is 0.960. The van der Waals surface area contributed by atoms with Gasteiger partial charge in [-0.1, -0.05) is 329 Å². The molecule has 320 valence electrons. The molecule has 0 radical (unpaired) electrons. The molecule has 0 saturated heterocycles. The Morgan fingerprint density at radius 1 is 0.170 bits per heavy atom. The van der Waals surface area contributed by atoms with E-state index < -0.39 is 0 Å². The second kappa shape index (κ2) is 48.1. The van der Waals surface area contributed by atoms with Crippen LogP contribution in [0.4, 0.5) is 0 Å². The quantitative estimate of drug-likeness (QED) is 0.0544. The van der Waals surface area contributed by atoms with Gasteiger partial charge in [0, 0.05) is 0 Å². The van der Waals surface area contributed by atoms with Crippen LogP contribution in [-0.4, -0.2) is 0 Å². The topological polar surface area (TPSA) is 0 Å². The Labute approximate surface area is 340 Å². The molecule has 0 aliphatic carbocycles. The Morgan fingerprint density at radius 3 is 0.415 bits per heavy atom. The van der Waals surface area contributed by atoms with Gasteiger partial charge in [0.25, 0.3) is 0 Å². The van der Waals surface area contributed by atoms with Gasteiger partial charge in [0.05, 0.1) is 0 Å². The molecule has 0 aromatic heterocycles. The van der Waals surface area contributed by atoms with E-state index in [4.69, 9.17) is 0 Å². The lowest BCUT2D eigenvalue weighted by Gasteiger charge is -2.11. The molecule has 53 heavy (non-hydrogen) atoms. The van der Waals surface area contributed by atoms with Gasteiger partial charge in [-0.05, 0) is 11.8 Å². The zero-order valence-corrected chi connectivity index (χ0v) is 38.4. The number of hydrogen-bond acceptors (Lipinski definition) is 0. The van der Waals surface area contributed by atoms with Crippen molar-refractivity contribution < 1.29 is 0 Å². The van der Waals surface area contributed by atoms with Crippen molar-refractivity contribution in [2.24, 2.45) is 11.8 Å². The highest BCUT2D eigenvalue weighted by atomic mass is 14.1. The van der Waals surface area contributed by atoms with Gasteiger partial charge in [-0.15, -0.1) is 0 Å². The molecule has 0 nitrogen and oxygen atoms in total. The summed E-state index contributed by atoms with van der Waals surface area (Å²) in [5.74, 6) is 1.92. The Hall–Kier alpha value is 0. The summed E-state index contributed by atoms with van der Waals surface area (Å²) in [7, 11) is 0. The molecular weight excluding hydrogens is 637 g/mol. The smallest absolute Gasteiger partial charge is 0.0443 e. The molecule has 0 aromatic carbocycles. The van der Waals surface area contributed by atoms with Gasteiger partial charge in [-0.3, -0.25) is 0 Å². The molecule has 0 spiro atoms. The van der Waals surface area contributed by atoms with Crippen LogP contribution < -0.4 is 0 Å². The van der Waals surface area contributed by atoms with Crippen molar-refractivity contribution in [2.75, 3.05) is 0 Å². The summed E-state index contributed by atoms with van der Waals surface area (Å²) >= 11 is 0. The van der Waals surface area contributed by atoms with Crippen molar-refractivity contribution in [1.29, 1.82) is 0 Å². The Kier molecular flexibility index (Phi) is 48.1. The van der Waals surface area contributed by atoms with Crippen molar-refractivity contribution in [3.63, 3.8) is 0 Å². The summed E-state index contributed by atoms with van der Waals surface area (Å²) in [4.78, 5) is 0. The van der Waals surface area contributed by atoms with Gasteiger partial charge in [0.15, 0.2) is 0 Å². The first-order chi connectivity index (χ1) is 26.2. The van der Waals surface area contributed by atoms with E-state index >= 15 is 0 Å². The first kappa shape index (κ1) is 53.0. The van der Waals surface area contributed by atoms with Crippen molar-refractivity contribution in [3.05, 3.63) is 0 Å². The molecule has 0 fully saturated rings. The van der Waals surface area contributed by atoms with E-state index in [1.807, 2.05) is 0 Å². The van der Waals surface area contributed by atoms with Gasteiger partial charge in [0.2, 0.25) is 0 Å². The highest BCUT2D eigenvalue weighted by Gasteiger charge is 2.04. The molecule has 0 saturated carbocycles. The molecule has 0 aromatic rings. The maximum absolute atomic E-state index is 2.52. The molecule has 0 aliphatic heterocycles. The van der Waals surface area contributed by atoms with Crippen molar-refractivity contribution in [3.8, 4) is 0 Å². The van der Waals surface area contributed by atoms with E-state index in [0.29, 0.717) is 0 Å². The zero-order valence-electron chi connectivity index (χ0n) is 38.4. The van der Waals surface area contributed by atoms with Crippen LogP contribution in [0.15, 0.2) is 0 Å². The molecule has 0 heterocycles. The minimum Gasteiger partial charge on any atom is -0.0654 e. The lowest BCUT2D eigenvalue weighted by Crippen LogP contribution is -1.95. The molecule has 0 aliphatic rings. The van der Waals surface area contributed by atoms with Gasteiger partial charge in [-0.25, -0.2) is 0 Å². The van der Waals surface area contributed by atoms with E-state index in [2.05, 4.69) is 27.7 Å². The van der Waals surface area contributed by atoms with Crippen molar-refractivity contribution in [1.82, 2.24) is 0 Å². The average molecular weight is 745 g/mol. The number of rotatable bonds is 48. The summed E-state index contributed by atoms with van der Waals surface area (Å²) in [6.45, 7) is 9.66. The fraction of sp³-hybridized carbons (Fsp3) is 1.00. The SMILES string of the molecule is CCCCCCCCCCCCCCCCCCCCCCCCCCC(C)CCCCCCCCCCCC(C)CCCCCCCCCCCC. The maximum Gasteiger partial charge on any atom is -0.0443 e. The largest absolute Gasteiger partial charge is 0.0654 e. The summed E-state index contributed by atoms with van der Waals surface area (Å²) in [5.41, 5.74) is 0. The Bertz CT molecular complexity index is 607. The van der Waals surface area contributed by atoms with Crippen molar-refractivity contribution >= 4 is 0 Å². The average Bonchev–Trinajstić information content (AvgIpc) is 3.16. The van der Waals surface area contributed by atoms with Crippen LogP contribution in [0.5, 0.6) is 0 Å². The normalized spacial score (nSPS) is 12.9. The van der Waals surface area contributed by atoms with E-state index in [-0.39, 0.29) is 0 Å². The number of hydrogen-bond donors (Lipinski definition) is 0. The van der Waals surface area contributed by atoms with Crippen LogP contribution in [-0.2, 0) is 0 Å². The molecule has 2 unspecified atom stereocenters. The van der Waals surface area contributed by atoms with Crippen LogP contribution in [0.3, 0.4) is 0 Å². The highest BCUT2D eigenvalue weighted by Crippen LogP contribution is 2.22.